The van der Waals surface area contributed by atoms with E-state index in [1.54, 1.807) is 23.3 Å². The molecule has 0 radical (unpaired) electrons. The summed E-state index contributed by atoms with van der Waals surface area (Å²) in [6.07, 6.45) is 0.223. The molecule has 0 fully saturated rings. The molecule has 1 aromatic heterocycles. The third-order valence-corrected chi connectivity index (χ3v) is 5.97. The van der Waals surface area contributed by atoms with Gasteiger partial charge in [-0.3, -0.25) is 9.59 Å². The van der Waals surface area contributed by atoms with Gasteiger partial charge in [-0.25, -0.2) is 0 Å². The summed E-state index contributed by atoms with van der Waals surface area (Å²) in [5.74, 6) is 0.478. The monoisotopic (exact) mass is 406 g/mol. The fourth-order valence-corrected chi connectivity index (χ4v) is 4.49. The SMILES string of the molecule is COc1ccc(CC(=O)N2CC(=O)Nc3ccc(C)cc3C2c2cccs2)cc1. The van der Waals surface area contributed by atoms with E-state index in [0.717, 1.165) is 33.0 Å². The second kappa shape index (κ2) is 8.09. The molecule has 2 heterocycles. The number of nitrogens with zero attached hydrogens (tertiary/aromatic N) is 1. The number of anilines is 1. The summed E-state index contributed by atoms with van der Waals surface area (Å²) < 4.78 is 5.19. The zero-order chi connectivity index (χ0) is 20.4. The number of fused-ring (bicyclic) bond motifs is 1. The first-order valence-electron chi connectivity index (χ1n) is 9.41. The van der Waals surface area contributed by atoms with Gasteiger partial charge < -0.3 is 15.0 Å². The largest absolute Gasteiger partial charge is 0.497 e. The first-order valence-corrected chi connectivity index (χ1v) is 10.3. The first-order chi connectivity index (χ1) is 14.0. The first kappa shape index (κ1) is 19.2. The van der Waals surface area contributed by atoms with E-state index in [-0.39, 0.29) is 30.8 Å². The molecule has 3 aromatic rings. The maximum atomic E-state index is 13.3. The second-order valence-corrected chi connectivity index (χ2v) is 8.08. The van der Waals surface area contributed by atoms with Crippen molar-refractivity contribution in [2.45, 2.75) is 19.4 Å². The van der Waals surface area contributed by atoms with Crippen molar-refractivity contribution in [3.05, 3.63) is 81.5 Å². The molecule has 0 saturated heterocycles. The van der Waals surface area contributed by atoms with Crippen LogP contribution in [0.4, 0.5) is 5.69 Å². The lowest BCUT2D eigenvalue weighted by molar-refractivity contribution is -0.135. The van der Waals surface area contributed by atoms with E-state index in [1.807, 2.05) is 60.8 Å². The van der Waals surface area contributed by atoms with Crippen molar-refractivity contribution < 1.29 is 14.3 Å². The molecule has 1 atom stereocenters. The van der Waals surface area contributed by atoms with Crippen molar-refractivity contribution in [1.29, 1.82) is 0 Å². The van der Waals surface area contributed by atoms with Crippen molar-refractivity contribution >= 4 is 28.8 Å². The predicted molar refractivity (Wildman–Crippen MR) is 114 cm³/mol. The maximum absolute atomic E-state index is 13.3. The van der Waals surface area contributed by atoms with Gasteiger partial charge in [-0.05, 0) is 42.1 Å². The van der Waals surface area contributed by atoms with Gasteiger partial charge >= 0.3 is 0 Å². The van der Waals surface area contributed by atoms with Gasteiger partial charge in [-0.15, -0.1) is 11.3 Å². The molecule has 0 aliphatic carbocycles. The number of carbonyl (C=O) groups is 2. The Labute approximate surface area is 173 Å². The number of carbonyl (C=O) groups excluding carboxylic acids is 2. The predicted octanol–water partition coefficient (Wildman–Crippen LogP) is 4.18. The highest BCUT2D eigenvalue weighted by molar-refractivity contribution is 7.10. The van der Waals surface area contributed by atoms with E-state index >= 15 is 0 Å². The molecule has 2 amide bonds. The van der Waals surface area contributed by atoms with Gasteiger partial charge in [0.1, 0.15) is 12.3 Å². The quantitative estimate of drug-likeness (QED) is 0.707. The van der Waals surface area contributed by atoms with Crippen LogP contribution in [0.5, 0.6) is 5.75 Å². The number of hydrogen-bond donors (Lipinski definition) is 1. The Morgan fingerprint density at radius 2 is 2.00 bits per heavy atom. The van der Waals surface area contributed by atoms with E-state index < -0.39 is 0 Å². The fourth-order valence-electron chi connectivity index (χ4n) is 3.63. The van der Waals surface area contributed by atoms with Gasteiger partial charge in [0, 0.05) is 16.1 Å². The lowest BCUT2D eigenvalue weighted by Crippen LogP contribution is -2.39. The molecular formula is C23H22N2O3S. The Morgan fingerprint density at radius 1 is 1.21 bits per heavy atom. The summed E-state index contributed by atoms with van der Waals surface area (Å²) in [5, 5.41) is 4.96. The molecular weight excluding hydrogens is 384 g/mol. The van der Waals surface area contributed by atoms with E-state index in [4.69, 9.17) is 4.74 Å². The van der Waals surface area contributed by atoms with Crippen molar-refractivity contribution in [1.82, 2.24) is 4.90 Å². The van der Waals surface area contributed by atoms with E-state index in [1.165, 1.54) is 0 Å². The zero-order valence-corrected chi connectivity index (χ0v) is 17.2. The molecule has 2 aromatic carbocycles. The van der Waals surface area contributed by atoms with Crippen LogP contribution in [0.25, 0.3) is 0 Å². The Kier molecular flexibility index (Phi) is 5.36. The molecule has 6 heteroatoms. The lowest BCUT2D eigenvalue weighted by atomic mass is 9.99. The fraction of sp³-hybridized carbons (Fsp3) is 0.217. The van der Waals surface area contributed by atoms with Crippen LogP contribution in [0.1, 0.15) is 27.6 Å². The van der Waals surface area contributed by atoms with E-state index in [0.29, 0.717) is 0 Å². The lowest BCUT2D eigenvalue weighted by Gasteiger charge is -2.29. The van der Waals surface area contributed by atoms with Gasteiger partial charge in [-0.1, -0.05) is 35.9 Å². The number of nitrogens with one attached hydrogen (secondary N) is 1. The number of aryl methyl sites for hydroxylation is 1. The van der Waals surface area contributed by atoms with Gasteiger partial charge in [-0.2, -0.15) is 0 Å². The number of ether oxygens (including phenoxy) is 1. The van der Waals surface area contributed by atoms with Crippen LogP contribution >= 0.6 is 11.3 Å². The highest BCUT2D eigenvalue weighted by Gasteiger charge is 2.33. The van der Waals surface area contributed by atoms with Crippen molar-refractivity contribution in [3.8, 4) is 5.75 Å². The highest BCUT2D eigenvalue weighted by atomic mass is 32.1. The minimum absolute atomic E-state index is 0.0191. The molecule has 0 bridgehead atoms. The van der Waals surface area contributed by atoms with Crippen molar-refractivity contribution in [3.63, 3.8) is 0 Å². The molecule has 1 aliphatic heterocycles. The molecule has 0 saturated carbocycles. The van der Waals surface area contributed by atoms with Crippen LogP contribution in [0.2, 0.25) is 0 Å². The number of benzene rings is 2. The maximum Gasteiger partial charge on any atom is 0.244 e. The average molecular weight is 407 g/mol. The number of rotatable bonds is 4. The van der Waals surface area contributed by atoms with E-state index in [9.17, 15) is 9.59 Å². The standard InChI is InChI=1S/C23H22N2O3S/c1-15-5-10-19-18(12-15)23(20-4-3-11-29-20)25(14-21(26)24-19)22(27)13-16-6-8-17(28-2)9-7-16/h3-12,23H,13-14H2,1-2H3,(H,24,26). The van der Waals surface area contributed by atoms with Crippen LogP contribution in [-0.2, 0) is 16.0 Å². The van der Waals surface area contributed by atoms with Crippen LogP contribution in [0.15, 0.2) is 60.0 Å². The molecule has 1 unspecified atom stereocenters. The Balaban J connectivity index is 1.72. The molecule has 1 aliphatic rings. The summed E-state index contributed by atoms with van der Waals surface area (Å²) in [5.41, 5.74) is 3.68. The smallest absolute Gasteiger partial charge is 0.244 e. The average Bonchev–Trinajstić information content (AvgIpc) is 3.19. The second-order valence-electron chi connectivity index (χ2n) is 7.10. The Morgan fingerprint density at radius 3 is 2.69 bits per heavy atom. The minimum Gasteiger partial charge on any atom is -0.497 e. The van der Waals surface area contributed by atoms with E-state index in [2.05, 4.69) is 11.4 Å². The Bertz CT molecular complexity index is 1030. The number of thiophene rings is 1. The third-order valence-electron chi connectivity index (χ3n) is 5.05. The van der Waals surface area contributed by atoms with Gasteiger partial charge in [0.05, 0.1) is 19.6 Å². The van der Waals surface area contributed by atoms with Gasteiger partial charge in [0.15, 0.2) is 0 Å². The van der Waals surface area contributed by atoms with Crippen molar-refractivity contribution in [2.75, 3.05) is 19.0 Å². The molecule has 4 rings (SSSR count). The normalized spacial score (nSPS) is 16.0. The topological polar surface area (TPSA) is 58.6 Å². The molecule has 5 nitrogen and oxygen atoms in total. The Hall–Kier alpha value is -3.12. The summed E-state index contributed by atoms with van der Waals surface area (Å²) in [6, 6.07) is 17.1. The van der Waals surface area contributed by atoms with Crippen LogP contribution in [-0.4, -0.2) is 30.4 Å². The number of amides is 2. The number of hydrogen-bond acceptors (Lipinski definition) is 4. The van der Waals surface area contributed by atoms with Crippen LogP contribution < -0.4 is 10.1 Å². The summed E-state index contributed by atoms with van der Waals surface area (Å²) >= 11 is 1.59. The van der Waals surface area contributed by atoms with Gasteiger partial charge in [0.2, 0.25) is 11.8 Å². The van der Waals surface area contributed by atoms with Crippen LogP contribution in [0.3, 0.4) is 0 Å². The van der Waals surface area contributed by atoms with Crippen LogP contribution in [0, 0.1) is 6.92 Å². The zero-order valence-electron chi connectivity index (χ0n) is 16.3. The molecule has 1 N–H and O–H groups in total. The third kappa shape index (κ3) is 4.03. The summed E-state index contributed by atoms with van der Waals surface area (Å²) in [4.78, 5) is 28.6. The number of methoxy groups -OCH3 is 1. The molecule has 0 spiro atoms. The van der Waals surface area contributed by atoms with Crippen molar-refractivity contribution in [2.24, 2.45) is 0 Å². The molecule has 29 heavy (non-hydrogen) atoms. The minimum atomic E-state index is -0.297. The van der Waals surface area contributed by atoms with Gasteiger partial charge in [0.25, 0.3) is 0 Å². The summed E-state index contributed by atoms with van der Waals surface area (Å²) in [7, 11) is 1.61. The molecule has 148 valence electrons. The summed E-state index contributed by atoms with van der Waals surface area (Å²) in [6.45, 7) is 2.03. The highest BCUT2D eigenvalue weighted by Crippen LogP contribution is 2.38.